The van der Waals surface area contributed by atoms with Crippen LogP contribution in [-0.2, 0) is 12.8 Å². The van der Waals surface area contributed by atoms with E-state index in [2.05, 4.69) is 65.1 Å². The number of hydrogen-bond donors (Lipinski definition) is 1. The molecule has 120 valence electrons. The van der Waals surface area contributed by atoms with Gasteiger partial charge < -0.3 is 5.11 Å². The number of aryl methyl sites for hydroxylation is 2. The summed E-state index contributed by atoms with van der Waals surface area (Å²) in [5.41, 5.74) is 2.83. The van der Waals surface area contributed by atoms with Crippen molar-refractivity contribution >= 4 is 22.6 Å². The second-order valence-electron chi connectivity index (χ2n) is 5.30. The molecule has 0 aliphatic carbocycles. The Morgan fingerprint density at radius 3 is 1.50 bits per heavy atom. The summed E-state index contributed by atoms with van der Waals surface area (Å²) in [4.78, 5) is 0. The molecule has 1 N–H and O–H groups in total. The number of alkyl halides is 1. The zero-order valence-electron chi connectivity index (χ0n) is 13.3. The molecule has 0 saturated heterocycles. The van der Waals surface area contributed by atoms with E-state index in [0.717, 1.165) is 19.3 Å². The number of hydrogen-bond acceptors (Lipinski definition) is 1. The lowest BCUT2D eigenvalue weighted by molar-refractivity contribution is 0.284. The first-order valence-corrected chi connectivity index (χ1v) is 9.64. The predicted octanol–water partition coefficient (Wildman–Crippen LogP) is 5.45. The van der Waals surface area contributed by atoms with Crippen LogP contribution in [0, 0.1) is 0 Å². The van der Waals surface area contributed by atoms with E-state index in [9.17, 15) is 0 Å². The van der Waals surface area contributed by atoms with Crippen LogP contribution in [0.5, 0.6) is 0 Å². The number of halogens is 1. The number of unbranched alkanes of at least 4 members (excludes halogenated alkanes) is 2. The Morgan fingerprint density at radius 2 is 1.09 bits per heavy atom. The maximum atomic E-state index is 8.54. The van der Waals surface area contributed by atoms with Crippen LogP contribution in [0.1, 0.15) is 36.8 Å². The summed E-state index contributed by atoms with van der Waals surface area (Å²) in [7, 11) is 0. The van der Waals surface area contributed by atoms with Crippen molar-refractivity contribution in [3.63, 3.8) is 0 Å². The fourth-order valence-corrected chi connectivity index (χ4v) is 2.69. The van der Waals surface area contributed by atoms with Gasteiger partial charge in [0.1, 0.15) is 0 Å². The van der Waals surface area contributed by atoms with Gasteiger partial charge in [0.2, 0.25) is 0 Å². The van der Waals surface area contributed by atoms with Crippen LogP contribution in [0.2, 0.25) is 0 Å². The maximum Gasteiger partial charge on any atom is 0.0431 e. The van der Waals surface area contributed by atoms with Gasteiger partial charge in [-0.05, 0) is 54.1 Å². The lowest BCUT2D eigenvalue weighted by atomic mass is 10.1. The molecule has 0 fully saturated rings. The second kappa shape index (κ2) is 13.8. The van der Waals surface area contributed by atoms with E-state index in [4.69, 9.17) is 5.11 Å². The summed E-state index contributed by atoms with van der Waals surface area (Å²) >= 11 is 2.43. The van der Waals surface area contributed by atoms with E-state index in [1.165, 1.54) is 34.8 Å². The quantitative estimate of drug-likeness (QED) is 0.349. The molecule has 0 spiro atoms. The second-order valence-corrected chi connectivity index (χ2v) is 6.38. The molecule has 2 heteroatoms. The minimum atomic E-state index is 0.312. The molecule has 2 aromatic carbocycles. The molecule has 0 aliphatic rings. The van der Waals surface area contributed by atoms with E-state index < -0.39 is 0 Å². The largest absolute Gasteiger partial charge is 0.396 e. The first-order valence-electron chi connectivity index (χ1n) is 8.11. The van der Waals surface area contributed by atoms with Gasteiger partial charge in [-0.1, -0.05) is 83.3 Å². The van der Waals surface area contributed by atoms with Crippen molar-refractivity contribution in [2.24, 2.45) is 0 Å². The fraction of sp³-hybridized carbons (Fsp3) is 0.400. The van der Waals surface area contributed by atoms with Gasteiger partial charge in [0.15, 0.2) is 0 Å². The van der Waals surface area contributed by atoms with Crippen LogP contribution in [0.15, 0.2) is 60.7 Å². The summed E-state index contributed by atoms with van der Waals surface area (Å²) < 4.78 is 1.28. The molecule has 0 unspecified atom stereocenters. The van der Waals surface area contributed by atoms with E-state index in [0.29, 0.717) is 6.61 Å². The normalized spacial score (nSPS) is 9.91. The van der Waals surface area contributed by atoms with Crippen LogP contribution in [0.25, 0.3) is 0 Å². The monoisotopic (exact) mass is 410 g/mol. The molecule has 0 aromatic heterocycles. The zero-order valence-corrected chi connectivity index (χ0v) is 15.4. The van der Waals surface area contributed by atoms with Crippen molar-refractivity contribution in [1.29, 1.82) is 0 Å². The predicted molar refractivity (Wildman–Crippen MR) is 105 cm³/mol. The Bertz CT molecular complexity index is 410. The third-order valence-corrected chi connectivity index (χ3v) is 4.17. The standard InChI is InChI=1S/C10H13I.C10H14O/c2*11-9-5-4-8-10-6-2-1-3-7-10/h1-3,6-7H,4-5,8-9H2;1-3,6-7,11H,4-5,8-9H2. The summed E-state index contributed by atoms with van der Waals surface area (Å²) in [6.07, 6.45) is 6.99. The Hall–Kier alpha value is -0.870. The lowest BCUT2D eigenvalue weighted by Gasteiger charge is -1.97. The summed E-state index contributed by atoms with van der Waals surface area (Å²) in [6, 6.07) is 21.1. The first-order chi connectivity index (χ1) is 10.9. The van der Waals surface area contributed by atoms with Crippen molar-refractivity contribution in [2.45, 2.75) is 38.5 Å². The van der Waals surface area contributed by atoms with Gasteiger partial charge in [-0.15, -0.1) is 0 Å². The SMILES string of the molecule is ICCCCc1ccccc1.OCCCCc1ccccc1. The van der Waals surface area contributed by atoms with Crippen molar-refractivity contribution in [3.8, 4) is 0 Å². The van der Waals surface area contributed by atoms with E-state index in [1.54, 1.807) is 0 Å². The highest BCUT2D eigenvalue weighted by atomic mass is 127. The average molecular weight is 410 g/mol. The Kier molecular flexibility index (Phi) is 12.0. The fourth-order valence-electron chi connectivity index (χ4n) is 2.15. The molecular weight excluding hydrogens is 383 g/mol. The molecule has 2 rings (SSSR count). The van der Waals surface area contributed by atoms with Crippen molar-refractivity contribution in [3.05, 3.63) is 71.8 Å². The lowest BCUT2D eigenvalue weighted by Crippen LogP contribution is -1.87. The van der Waals surface area contributed by atoms with Crippen LogP contribution >= 0.6 is 22.6 Å². The van der Waals surface area contributed by atoms with Crippen molar-refractivity contribution < 1.29 is 5.11 Å². The highest BCUT2D eigenvalue weighted by Crippen LogP contribution is 2.05. The maximum absolute atomic E-state index is 8.54. The minimum absolute atomic E-state index is 0.312. The highest BCUT2D eigenvalue weighted by Gasteiger charge is 1.90. The molecule has 0 heterocycles. The van der Waals surface area contributed by atoms with Crippen molar-refractivity contribution in [1.82, 2.24) is 0 Å². The van der Waals surface area contributed by atoms with Crippen LogP contribution in [0.4, 0.5) is 0 Å². The van der Waals surface area contributed by atoms with Crippen LogP contribution in [-0.4, -0.2) is 16.1 Å². The molecule has 0 atom stereocenters. The molecule has 0 amide bonds. The van der Waals surface area contributed by atoms with Crippen molar-refractivity contribution in [2.75, 3.05) is 11.0 Å². The summed E-state index contributed by atoms with van der Waals surface area (Å²) in [6.45, 7) is 0.312. The van der Waals surface area contributed by atoms with Gasteiger partial charge in [-0.2, -0.15) is 0 Å². The number of aliphatic hydroxyl groups excluding tert-OH is 1. The third kappa shape index (κ3) is 9.96. The highest BCUT2D eigenvalue weighted by molar-refractivity contribution is 14.1. The Balaban J connectivity index is 0.000000220. The molecule has 2 aromatic rings. The van der Waals surface area contributed by atoms with Crippen LogP contribution < -0.4 is 0 Å². The van der Waals surface area contributed by atoms with Gasteiger partial charge in [0.25, 0.3) is 0 Å². The number of benzene rings is 2. The smallest absolute Gasteiger partial charge is 0.0431 e. The Morgan fingerprint density at radius 1 is 0.636 bits per heavy atom. The zero-order chi connectivity index (χ0) is 15.9. The first kappa shape index (κ1) is 19.2. The van der Waals surface area contributed by atoms with E-state index in [-0.39, 0.29) is 0 Å². The van der Waals surface area contributed by atoms with Gasteiger partial charge in [-0.3, -0.25) is 0 Å². The molecule has 0 bridgehead atoms. The molecule has 22 heavy (non-hydrogen) atoms. The minimum Gasteiger partial charge on any atom is -0.396 e. The molecule has 0 aliphatic heterocycles. The van der Waals surface area contributed by atoms with Gasteiger partial charge in [0, 0.05) is 6.61 Å². The van der Waals surface area contributed by atoms with Crippen LogP contribution in [0.3, 0.4) is 0 Å². The van der Waals surface area contributed by atoms with Gasteiger partial charge in [-0.25, -0.2) is 0 Å². The number of rotatable bonds is 8. The van der Waals surface area contributed by atoms with Gasteiger partial charge >= 0.3 is 0 Å². The average Bonchev–Trinajstić information content (AvgIpc) is 2.58. The molecular formula is C20H27IO. The summed E-state index contributed by atoms with van der Waals surface area (Å²) in [5.74, 6) is 0. The molecule has 1 nitrogen and oxygen atoms in total. The van der Waals surface area contributed by atoms with Gasteiger partial charge in [0.05, 0.1) is 0 Å². The van der Waals surface area contributed by atoms with E-state index in [1.807, 2.05) is 18.2 Å². The third-order valence-electron chi connectivity index (χ3n) is 3.41. The topological polar surface area (TPSA) is 20.2 Å². The Labute approximate surface area is 148 Å². The molecule has 0 radical (unpaired) electrons. The molecule has 0 saturated carbocycles. The number of aliphatic hydroxyl groups is 1. The summed E-state index contributed by atoms with van der Waals surface area (Å²) in [5, 5.41) is 8.54. The van der Waals surface area contributed by atoms with E-state index >= 15 is 0 Å².